The molecule has 2 aromatic rings. The smallest absolute Gasteiger partial charge is 0.338 e. The lowest BCUT2D eigenvalue weighted by atomic mass is 10.1. The largest absolute Gasteiger partial charge is 0.490 e. The SMILES string of the molecule is O=C(OCCOc1cccc(Br)c1)c1ccc(N2CCOCC2)c([N+](=O)[O-])c1. The van der Waals surface area contributed by atoms with Crippen LogP contribution in [-0.4, -0.2) is 50.4 Å². The maximum Gasteiger partial charge on any atom is 0.338 e. The molecule has 0 radical (unpaired) electrons. The monoisotopic (exact) mass is 450 g/mol. The number of hydrogen-bond donors (Lipinski definition) is 0. The number of nitrogens with zero attached hydrogens (tertiary/aromatic N) is 2. The third kappa shape index (κ3) is 5.20. The number of anilines is 1. The summed E-state index contributed by atoms with van der Waals surface area (Å²) in [5, 5.41) is 11.5. The van der Waals surface area contributed by atoms with Crippen LogP contribution in [0.15, 0.2) is 46.9 Å². The Morgan fingerprint density at radius 2 is 1.96 bits per heavy atom. The minimum atomic E-state index is -0.630. The summed E-state index contributed by atoms with van der Waals surface area (Å²) in [6, 6.07) is 11.7. The van der Waals surface area contributed by atoms with Crippen LogP contribution in [0.5, 0.6) is 5.75 Å². The van der Waals surface area contributed by atoms with Crippen LogP contribution in [-0.2, 0) is 9.47 Å². The van der Waals surface area contributed by atoms with E-state index < -0.39 is 10.9 Å². The fourth-order valence-corrected chi connectivity index (χ4v) is 3.18. The second-order valence-corrected chi connectivity index (χ2v) is 6.92. The van der Waals surface area contributed by atoms with Gasteiger partial charge in [-0.1, -0.05) is 22.0 Å². The molecule has 0 atom stereocenters. The highest BCUT2D eigenvalue weighted by atomic mass is 79.9. The van der Waals surface area contributed by atoms with E-state index >= 15 is 0 Å². The first-order valence-electron chi connectivity index (χ1n) is 8.71. The minimum absolute atomic E-state index is 0.0321. The fourth-order valence-electron chi connectivity index (χ4n) is 2.80. The summed E-state index contributed by atoms with van der Waals surface area (Å²) >= 11 is 3.35. The topological polar surface area (TPSA) is 91.1 Å². The van der Waals surface area contributed by atoms with E-state index in [4.69, 9.17) is 14.2 Å². The molecule has 1 aliphatic heterocycles. The van der Waals surface area contributed by atoms with Crippen molar-refractivity contribution in [3.63, 3.8) is 0 Å². The third-order valence-corrected chi connectivity index (χ3v) is 4.63. The van der Waals surface area contributed by atoms with Crippen LogP contribution in [0.4, 0.5) is 11.4 Å². The zero-order chi connectivity index (χ0) is 19.9. The average molecular weight is 451 g/mol. The van der Waals surface area contributed by atoms with Gasteiger partial charge in [-0.2, -0.15) is 0 Å². The Morgan fingerprint density at radius 3 is 2.68 bits per heavy atom. The number of carbonyl (C=O) groups excluding carboxylic acids is 1. The highest BCUT2D eigenvalue weighted by molar-refractivity contribution is 9.10. The number of hydrogen-bond acceptors (Lipinski definition) is 7. The van der Waals surface area contributed by atoms with E-state index in [1.807, 2.05) is 17.0 Å². The van der Waals surface area contributed by atoms with Gasteiger partial charge >= 0.3 is 5.97 Å². The number of carbonyl (C=O) groups is 1. The Labute approximate surface area is 170 Å². The molecular weight excluding hydrogens is 432 g/mol. The number of morpholine rings is 1. The molecule has 0 spiro atoms. The van der Waals surface area contributed by atoms with E-state index in [2.05, 4.69) is 15.9 Å². The lowest BCUT2D eigenvalue weighted by Crippen LogP contribution is -2.36. The molecule has 28 heavy (non-hydrogen) atoms. The summed E-state index contributed by atoms with van der Waals surface area (Å²) in [6.45, 7) is 2.37. The van der Waals surface area contributed by atoms with Crippen LogP contribution in [0.25, 0.3) is 0 Å². The van der Waals surface area contributed by atoms with Crippen molar-refractivity contribution in [2.75, 3.05) is 44.4 Å². The number of esters is 1. The summed E-state index contributed by atoms with van der Waals surface area (Å²) in [4.78, 5) is 25.1. The Balaban J connectivity index is 1.60. The van der Waals surface area contributed by atoms with Gasteiger partial charge in [0, 0.05) is 23.6 Å². The molecule has 0 bridgehead atoms. The molecule has 0 saturated carbocycles. The highest BCUT2D eigenvalue weighted by Gasteiger charge is 2.23. The summed E-state index contributed by atoms with van der Waals surface area (Å²) in [5.41, 5.74) is 0.482. The summed E-state index contributed by atoms with van der Waals surface area (Å²) in [6.07, 6.45) is 0. The zero-order valence-electron chi connectivity index (χ0n) is 15.0. The predicted molar refractivity (Wildman–Crippen MR) is 106 cm³/mol. The minimum Gasteiger partial charge on any atom is -0.490 e. The zero-order valence-corrected chi connectivity index (χ0v) is 16.6. The van der Waals surface area contributed by atoms with E-state index in [1.54, 1.807) is 18.2 Å². The van der Waals surface area contributed by atoms with Crippen LogP contribution < -0.4 is 9.64 Å². The van der Waals surface area contributed by atoms with Crippen molar-refractivity contribution in [2.45, 2.75) is 0 Å². The summed E-state index contributed by atoms with van der Waals surface area (Å²) in [7, 11) is 0. The van der Waals surface area contributed by atoms with Crippen molar-refractivity contribution in [1.29, 1.82) is 0 Å². The van der Waals surface area contributed by atoms with E-state index in [-0.39, 0.29) is 24.5 Å². The molecule has 8 nitrogen and oxygen atoms in total. The average Bonchev–Trinajstić information content (AvgIpc) is 2.71. The number of halogens is 1. The first-order chi connectivity index (χ1) is 13.5. The fraction of sp³-hybridized carbons (Fsp3) is 0.316. The number of benzene rings is 2. The molecule has 0 aromatic heterocycles. The maximum atomic E-state index is 12.2. The molecule has 0 unspecified atom stereocenters. The molecule has 3 rings (SSSR count). The van der Waals surface area contributed by atoms with Gasteiger partial charge in [0.15, 0.2) is 0 Å². The Kier molecular flexibility index (Phi) is 6.83. The molecule has 9 heteroatoms. The van der Waals surface area contributed by atoms with E-state index in [0.717, 1.165) is 4.47 Å². The molecule has 1 fully saturated rings. The number of nitro benzene ring substituents is 1. The third-order valence-electron chi connectivity index (χ3n) is 4.14. The normalized spacial score (nSPS) is 13.8. The number of nitro groups is 1. The van der Waals surface area contributed by atoms with Crippen LogP contribution >= 0.6 is 15.9 Å². The van der Waals surface area contributed by atoms with Crippen molar-refractivity contribution in [3.05, 3.63) is 62.6 Å². The van der Waals surface area contributed by atoms with Gasteiger partial charge in [-0.05, 0) is 30.3 Å². The Morgan fingerprint density at radius 1 is 1.18 bits per heavy atom. The van der Waals surface area contributed by atoms with Crippen molar-refractivity contribution >= 4 is 33.3 Å². The molecule has 0 aliphatic carbocycles. The summed E-state index contributed by atoms with van der Waals surface area (Å²) < 4.78 is 16.8. The van der Waals surface area contributed by atoms with Gasteiger partial charge in [-0.15, -0.1) is 0 Å². The molecular formula is C19H19BrN2O6. The van der Waals surface area contributed by atoms with Gasteiger partial charge < -0.3 is 19.1 Å². The number of ether oxygens (including phenoxy) is 3. The second kappa shape index (κ2) is 9.52. The van der Waals surface area contributed by atoms with E-state index in [0.29, 0.717) is 37.7 Å². The van der Waals surface area contributed by atoms with Gasteiger partial charge in [-0.25, -0.2) is 4.79 Å². The van der Waals surface area contributed by atoms with Crippen molar-refractivity contribution in [2.24, 2.45) is 0 Å². The van der Waals surface area contributed by atoms with Crippen molar-refractivity contribution in [3.8, 4) is 5.75 Å². The van der Waals surface area contributed by atoms with Gasteiger partial charge in [0.25, 0.3) is 5.69 Å². The molecule has 0 N–H and O–H groups in total. The first-order valence-corrected chi connectivity index (χ1v) is 9.50. The number of rotatable bonds is 7. The van der Waals surface area contributed by atoms with Crippen LogP contribution in [0.2, 0.25) is 0 Å². The van der Waals surface area contributed by atoms with Crippen molar-refractivity contribution in [1.82, 2.24) is 0 Å². The molecule has 0 amide bonds. The first kappa shape index (κ1) is 20.1. The van der Waals surface area contributed by atoms with Crippen LogP contribution in [0.3, 0.4) is 0 Å². The second-order valence-electron chi connectivity index (χ2n) is 6.00. The standard InChI is InChI=1S/C19H19BrN2O6/c20-15-2-1-3-16(13-15)27-10-11-28-19(23)14-4-5-17(18(12-14)22(24)25)21-6-8-26-9-7-21/h1-5,12-13H,6-11H2. The summed E-state index contributed by atoms with van der Waals surface area (Å²) in [5.74, 6) is 0.0189. The Bertz CT molecular complexity index is 854. The van der Waals surface area contributed by atoms with E-state index in [1.165, 1.54) is 12.1 Å². The van der Waals surface area contributed by atoms with Gasteiger partial charge in [0.1, 0.15) is 24.7 Å². The van der Waals surface area contributed by atoms with E-state index in [9.17, 15) is 14.9 Å². The van der Waals surface area contributed by atoms with Crippen molar-refractivity contribution < 1.29 is 23.9 Å². The quantitative estimate of drug-likeness (QED) is 0.276. The molecule has 2 aromatic carbocycles. The lowest BCUT2D eigenvalue weighted by molar-refractivity contribution is -0.384. The highest BCUT2D eigenvalue weighted by Crippen LogP contribution is 2.30. The molecule has 148 valence electrons. The van der Waals surface area contributed by atoms with Gasteiger partial charge in [0.05, 0.1) is 23.7 Å². The lowest BCUT2D eigenvalue weighted by Gasteiger charge is -2.28. The van der Waals surface area contributed by atoms with Crippen LogP contribution in [0.1, 0.15) is 10.4 Å². The Hall–Kier alpha value is -2.65. The molecule has 1 saturated heterocycles. The van der Waals surface area contributed by atoms with Crippen LogP contribution in [0, 0.1) is 10.1 Å². The predicted octanol–water partition coefficient (Wildman–Crippen LogP) is 3.43. The molecule has 1 heterocycles. The van der Waals surface area contributed by atoms with Gasteiger partial charge in [-0.3, -0.25) is 10.1 Å². The maximum absolute atomic E-state index is 12.2. The van der Waals surface area contributed by atoms with Gasteiger partial charge in [0.2, 0.25) is 0 Å². The molecule has 1 aliphatic rings.